The predicted octanol–water partition coefficient (Wildman–Crippen LogP) is 2.49. The number of aliphatic carboxylic acids is 1. The minimum atomic E-state index is -0.750. The fourth-order valence-electron chi connectivity index (χ4n) is 1.89. The molecule has 1 aromatic heterocycles. The van der Waals surface area contributed by atoms with Crippen LogP contribution in [-0.2, 0) is 11.2 Å². The first-order valence-electron chi connectivity index (χ1n) is 4.96. The number of nitrogens with one attached hydrogen (secondary N) is 1. The molecule has 2 N–H and O–H groups in total. The number of hydrogen-bond donors (Lipinski definition) is 2. The van der Waals surface area contributed by atoms with Gasteiger partial charge in [-0.25, -0.2) is 0 Å². The predicted molar refractivity (Wildman–Crippen MR) is 59.0 cm³/mol. The molecule has 0 atom stereocenters. The molecule has 2 aromatic rings. The van der Waals surface area contributed by atoms with Crippen LogP contribution < -0.4 is 0 Å². The summed E-state index contributed by atoms with van der Waals surface area (Å²) in [5, 5.41) is 9.80. The van der Waals surface area contributed by atoms with Crippen molar-refractivity contribution in [1.29, 1.82) is 0 Å². The minimum absolute atomic E-state index is 0.183. The third-order valence-corrected chi connectivity index (χ3v) is 2.62. The first kappa shape index (κ1) is 9.77. The van der Waals surface area contributed by atoms with Crippen LogP contribution in [0.4, 0.5) is 0 Å². The van der Waals surface area contributed by atoms with Crippen molar-refractivity contribution in [2.24, 2.45) is 0 Å². The summed E-state index contributed by atoms with van der Waals surface area (Å²) in [7, 11) is 0. The average Bonchev–Trinajstić information content (AvgIpc) is 2.50. The third-order valence-electron chi connectivity index (χ3n) is 2.62. The van der Waals surface area contributed by atoms with Crippen molar-refractivity contribution in [1.82, 2.24) is 4.98 Å². The number of aromatic amines is 1. The van der Waals surface area contributed by atoms with E-state index in [2.05, 4.69) is 4.98 Å². The molecular weight excluding hydrogens is 190 g/mol. The molecule has 3 heteroatoms. The van der Waals surface area contributed by atoms with E-state index in [1.54, 1.807) is 0 Å². The Labute approximate surface area is 87.7 Å². The second kappa shape index (κ2) is 3.77. The van der Waals surface area contributed by atoms with Crippen LogP contribution in [0.25, 0.3) is 10.9 Å². The van der Waals surface area contributed by atoms with E-state index < -0.39 is 5.97 Å². The maximum atomic E-state index is 10.5. The highest BCUT2D eigenvalue weighted by Crippen LogP contribution is 2.22. The summed E-state index contributed by atoms with van der Waals surface area (Å²) in [4.78, 5) is 13.8. The van der Waals surface area contributed by atoms with Gasteiger partial charge in [-0.1, -0.05) is 18.2 Å². The lowest BCUT2D eigenvalue weighted by atomic mass is 10.1. The number of aromatic nitrogens is 1. The Kier molecular flexibility index (Phi) is 2.46. The normalized spacial score (nSPS) is 10.7. The first-order chi connectivity index (χ1) is 7.18. The van der Waals surface area contributed by atoms with Gasteiger partial charge in [-0.15, -0.1) is 0 Å². The van der Waals surface area contributed by atoms with Gasteiger partial charge >= 0.3 is 5.97 Å². The van der Waals surface area contributed by atoms with Crippen LogP contribution in [0.5, 0.6) is 0 Å². The molecule has 15 heavy (non-hydrogen) atoms. The fraction of sp³-hybridized carbons (Fsp3) is 0.250. The maximum Gasteiger partial charge on any atom is 0.303 e. The topological polar surface area (TPSA) is 53.1 Å². The van der Waals surface area contributed by atoms with Crippen LogP contribution in [0.15, 0.2) is 24.3 Å². The number of hydrogen-bond acceptors (Lipinski definition) is 1. The lowest BCUT2D eigenvalue weighted by Gasteiger charge is -1.98. The van der Waals surface area contributed by atoms with Crippen molar-refractivity contribution in [3.05, 3.63) is 35.5 Å². The van der Waals surface area contributed by atoms with Crippen molar-refractivity contribution >= 4 is 16.9 Å². The molecular formula is C12H13NO2. The number of rotatable bonds is 3. The number of aryl methyl sites for hydroxylation is 2. The van der Waals surface area contributed by atoms with E-state index in [1.807, 2.05) is 31.2 Å². The number of benzene rings is 1. The SMILES string of the molecule is Cc1[nH]c2ccccc2c1CCC(=O)O. The van der Waals surface area contributed by atoms with Gasteiger partial charge in [-0.05, 0) is 25.0 Å². The number of carboxylic acids is 1. The molecule has 0 fully saturated rings. The zero-order chi connectivity index (χ0) is 10.8. The van der Waals surface area contributed by atoms with Gasteiger partial charge < -0.3 is 10.1 Å². The van der Waals surface area contributed by atoms with E-state index in [4.69, 9.17) is 5.11 Å². The van der Waals surface area contributed by atoms with E-state index in [9.17, 15) is 4.79 Å². The molecule has 0 bridgehead atoms. The second-order valence-corrected chi connectivity index (χ2v) is 3.67. The molecule has 0 amide bonds. The smallest absolute Gasteiger partial charge is 0.303 e. The maximum absolute atomic E-state index is 10.5. The zero-order valence-electron chi connectivity index (χ0n) is 8.58. The Morgan fingerprint density at radius 3 is 2.87 bits per heavy atom. The van der Waals surface area contributed by atoms with Crippen LogP contribution in [-0.4, -0.2) is 16.1 Å². The van der Waals surface area contributed by atoms with Gasteiger partial charge in [0.1, 0.15) is 0 Å². The summed E-state index contributed by atoms with van der Waals surface area (Å²) in [5.74, 6) is -0.750. The summed E-state index contributed by atoms with van der Waals surface area (Å²) in [5.41, 5.74) is 3.26. The summed E-state index contributed by atoms with van der Waals surface area (Å²) in [6.07, 6.45) is 0.772. The van der Waals surface area contributed by atoms with Crippen molar-refractivity contribution in [2.75, 3.05) is 0 Å². The molecule has 0 saturated carbocycles. The van der Waals surface area contributed by atoms with Crippen LogP contribution in [0, 0.1) is 6.92 Å². The zero-order valence-corrected chi connectivity index (χ0v) is 8.58. The van der Waals surface area contributed by atoms with Crippen molar-refractivity contribution < 1.29 is 9.90 Å². The van der Waals surface area contributed by atoms with Crippen molar-refractivity contribution in [3.8, 4) is 0 Å². The van der Waals surface area contributed by atoms with Crippen molar-refractivity contribution in [3.63, 3.8) is 0 Å². The quantitative estimate of drug-likeness (QED) is 0.805. The monoisotopic (exact) mass is 203 g/mol. The summed E-state index contributed by atoms with van der Waals surface area (Å²) >= 11 is 0. The van der Waals surface area contributed by atoms with Crippen LogP contribution in [0.2, 0.25) is 0 Å². The Bertz CT molecular complexity index is 499. The number of carbonyl (C=O) groups is 1. The summed E-state index contributed by atoms with van der Waals surface area (Å²) < 4.78 is 0. The second-order valence-electron chi connectivity index (χ2n) is 3.67. The summed E-state index contributed by atoms with van der Waals surface area (Å²) in [6, 6.07) is 7.97. The van der Waals surface area contributed by atoms with Gasteiger partial charge in [-0.3, -0.25) is 4.79 Å². The average molecular weight is 203 g/mol. The minimum Gasteiger partial charge on any atom is -0.481 e. The van der Waals surface area contributed by atoms with Gasteiger partial charge in [0.2, 0.25) is 0 Å². The van der Waals surface area contributed by atoms with Crippen molar-refractivity contribution in [2.45, 2.75) is 19.8 Å². The number of H-pyrrole nitrogens is 1. The van der Waals surface area contributed by atoms with Crippen LogP contribution in [0.1, 0.15) is 17.7 Å². The molecule has 1 aromatic carbocycles. The van der Waals surface area contributed by atoms with E-state index in [1.165, 1.54) is 0 Å². The molecule has 0 unspecified atom stereocenters. The van der Waals surface area contributed by atoms with Gasteiger partial charge in [0.15, 0.2) is 0 Å². The van der Waals surface area contributed by atoms with E-state index >= 15 is 0 Å². The number of para-hydroxylation sites is 1. The Balaban J connectivity index is 2.40. The molecule has 1 heterocycles. The fourth-order valence-corrected chi connectivity index (χ4v) is 1.89. The Morgan fingerprint density at radius 2 is 2.13 bits per heavy atom. The number of fused-ring (bicyclic) bond motifs is 1. The lowest BCUT2D eigenvalue weighted by molar-refractivity contribution is -0.136. The van der Waals surface area contributed by atoms with E-state index in [-0.39, 0.29) is 6.42 Å². The molecule has 0 spiro atoms. The largest absolute Gasteiger partial charge is 0.481 e. The first-order valence-corrected chi connectivity index (χ1v) is 4.96. The van der Waals surface area contributed by atoms with Crippen LogP contribution in [0.3, 0.4) is 0 Å². The Hall–Kier alpha value is -1.77. The highest BCUT2D eigenvalue weighted by Gasteiger charge is 2.08. The van der Waals surface area contributed by atoms with Crippen LogP contribution >= 0.6 is 0 Å². The standard InChI is InChI=1S/C12H13NO2/c1-8-9(6-7-12(14)15)10-4-2-3-5-11(10)13-8/h2-5,13H,6-7H2,1H3,(H,14,15). The van der Waals surface area contributed by atoms with Gasteiger partial charge in [0.25, 0.3) is 0 Å². The Morgan fingerprint density at radius 1 is 1.40 bits per heavy atom. The molecule has 0 saturated heterocycles. The van der Waals surface area contributed by atoms with Gasteiger partial charge in [0, 0.05) is 23.0 Å². The number of carboxylic acid groups (broad SMARTS) is 1. The molecule has 78 valence electrons. The highest BCUT2D eigenvalue weighted by molar-refractivity contribution is 5.85. The molecule has 0 aliphatic rings. The third kappa shape index (κ3) is 1.86. The lowest BCUT2D eigenvalue weighted by Crippen LogP contribution is -1.97. The van der Waals surface area contributed by atoms with E-state index in [0.29, 0.717) is 6.42 Å². The van der Waals surface area contributed by atoms with E-state index in [0.717, 1.165) is 22.2 Å². The molecule has 0 aliphatic carbocycles. The summed E-state index contributed by atoms with van der Waals surface area (Å²) in [6.45, 7) is 1.98. The molecule has 0 aliphatic heterocycles. The highest BCUT2D eigenvalue weighted by atomic mass is 16.4. The molecule has 3 nitrogen and oxygen atoms in total. The molecule has 2 rings (SSSR count). The van der Waals surface area contributed by atoms with Gasteiger partial charge in [0.05, 0.1) is 0 Å². The molecule has 0 radical (unpaired) electrons. The van der Waals surface area contributed by atoms with Gasteiger partial charge in [-0.2, -0.15) is 0 Å².